The number of fused-ring (bicyclic) bond motifs is 4. The molecule has 0 saturated carbocycles. The monoisotopic (exact) mass is 1040 g/mol. The van der Waals surface area contributed by atoms with Gasteiger partial charge in [-0.15, -0.1) is 0 Å². The molecular formula is C53H56N4O18. The van der Waals surface area contributed by atoms with Crippen molar-refractivity contribution < 1.29 is 85.6 Å². The molecule has 4 aromatic carbocycles. The predicted octanol–water partition coefficient (Wildman–Crippen LogP) is 6.03. The normalized spacial score (nSPS) is 26.5. The molecule has 0 radical (unpaired) electrons. The Hall–Kier alpha value is -7.43. The third-order valence-electron chi connectivity index (χ3n) is 12.7. The number of amides is 1. The highest BCUT2D eigenvalue weighted by molar-refractivity contribution is 5.82. The lowest BCUT2D eigenvalue weighted by molar-refractivity contribution is -0.379. The molecule has 1 amide bonds. The average Bonchev–Trinajstić information content (AvgIpc) is 3.71. The fourth-order valence-corrected chi connectivity index (χ4v) is 9.49. The molecular weight excluding hydrogens is 981 g/mol. The molecule has 4 aliphatic rings. The summed E-state index contributed by atoms with van der Waals surface area (Å²) in [6.07, 6.45) is -16.9. The molecule has 3 saturated heterocycles. The van der Waals surface area contributed by atoms with Gasteiger partial charge in [-0.3, -0.25) is 19.2 Å². The van der Waals surface area contributed by atoms with Crippen molar-refractivity contribution in [3.05, 3.63) is 142 Å². The zero-order valence-electron chi connectivity index (χ0n) is 41.5. The SMILES string of the molecule is CC(=O)OC[C@H]1O[C@@H](O[C@@H]2[C@@H](N=[N+]=[N-])[C@@H](OC(C)[C@H](NC(=O)OCC3c4ccccc4-c4ccccc43)C(=O)OCc3ccccc3)O[C@@H]3CO[C@H](c4ccccc4)O[C@H]23)[C@H](OC(C)=O)[C@@H](OC(C)=O)[C@H]1OC(C)=O. The largest absolute Gasteiger partial charge is 0.463 e. The molecule has 1 unspecified atom stereocenters. The van der Waals surface area contributed by atoms with E-state index in [0.717, 1.165) is 49.9 Å². The quantitative estimate of drug-likeness (QED) is 0.0392. The van der Waals surface area contributed by atoms with Crippen LogP contribution < -0.4 is 5.32 Å². The van der Waals surface area contributed by atoms with Gasteiger partial charge < -0.3 is 62.2 Å². The van der Waals surface area contributed by atoms with Crippen LogP contribution in [0.4, 0.5) is 4.79 Å². The summed E-state index contributed by atoms with van der Waals surface area (Å²) >= 11 is 0. The number of carbonyl (C=O) groups excluding carboxylic acids is 6. The van der Waals surface area contributed by atoms with E-state index in [1.54, 1.807) is 60.7 Å². The first-order valence-corrected chi connectivity index (χ1v) is 24.1. The van der Waals surface area contributed by atoms with Gasteiger partial charge in [-0.05, 0) is 40.3 Å². The van der Waals surface area contributed by atoms with Crippen LogP contribution in [0.15, 0.2) is 114 Å². The molecule has 0 aromatic heterocycles. The van der Waals surface area contributed by atoms with Crippen molar-refractivity contribution >= 4 is 35.9 Å². The van der Waals surface area contributed by atoms with Gasteiger partial charge in [0.05, 0.1) is 12.7 Å². The van der Waals surface area contributed by atoms with Crippen LogP contribution in [-0.2, 0) is 87.4 Å². The van der Waals surface area contributed by atoms with E-state index in [9.17, 15) is 34.3 Å². The Morgan fingerprint density at radius 1 is 0.667 bits per heavy atom. The molecule has 0 bridgehead atoms. The molecule has 8 rings (SSSR count). The summed E-state index contributed by atoms with van der Waals surface area (Å²) in [4.78, 5) is 81.3. The van der Waals surface area contributed by atoms with Crippen LogP contribution in [0.3, 0.4) is 0 Å². The number of ether oxygens (including phenoxy) is 12. The lowest BCUT2D eigenvalue weighted by Crippen LogP contribution is -2.67. The fourth-order valence-electron chi connectivity index (χ4n) is 9.49. The molecule has 3 heterocycles. The van der Waals surface area contributed by atoms with E-state index in [-0.39, 0.29) is 25.7 Å². The van der Waals surface area contributed by atoms with Gasteiger partial charge in [0.1, 0.15) is 50.3 Å². The van der Waals surface area contributed by atoms with Gasteiger partial charge in [0, 0.05) is 44.1 Å². The van der Waals surface area contributed by atoms with Crippen LogP contribution in [0.2, 0.25) is 0 Å². The number of rotatable bonds is 18. The summed E-state index contributed by atoms with van der Waals surface area (Å²) in [5, 5.41) is 6.68. The van der Waals surface area contributed by atoms with E-state index in [2.05, 4.69) is 15.3 Å². The molecule has 3 fully saturated rings. The Labute approximate surface area is 430 Å². The van der Waals surface area contributed by atoms with Crippen molar-refractivity contribution in [3.8, 4) is 11.1 Å². The molecule has 1 aliphatic carbocycles. The van der Waals surface area contributed by atoms with Crippen molar-refractivity contribution in [1.82, 2.24) is 5.32 Å². The summed E-state index contributed by atoms with van der Waals surface area (Å²) in [6, 6.07) is 30.1. The minimum absolute atomic E-state index is 0.0864. The van der Waals surface area contributed by atoms with Crippen LogP contribution in [0.5, 0.6) is 0 Å². The minimum Gasteiger partial charge on any atom is -0.463 e. The molecule has 3 aliphatic heterocycles. The minimum atomic E-state index is -1.79. The number of azide groups is 1. The lowest BCUT2D eigenvalue weighted by Gasteiger charge is -2.51. The standard InChI is InChI=1S/C53H56N4O18/c1-28(42(49(62)65-24-33-16-8-6-9-17-33)55-53(63)67-25-39-37-22-14-12-20-35(37)36-21-13-15-23-38(36)39)68-51-43(56-57-54)46(44-41(72-51)27-66-50(74-44)34-18-10-7-11-19-34)75-52-48(71-32(5)61)47(70-31(4)60)45(69-30(3)59)40(73-52)26-64-29(2)58/h6-23,28,39-48,50-52H,24-27H2,1-5H3,(H,55,63)/t28?,40-,41-,42+,43-,44+,45+,46-,47+,48-,50+,51+,52+/m1/s1. The molecule has 4 aromatic rings. The van der Waals surface area contributed by atoms with Crippen LogP contribution in [-0.4, -0.2) is 129 Å². The third-order valence-corrected chi connectivity index (χ3v) is 12.7. The number of nitrogens with zero attached hydrogens (tertiary/aromatic N) is 3. The molecule has 0 spiro atoms. The summed E-state index contributed by atoms with van der Waals surface area (Å²) in [5.41, 5.74) is 15.4. The number of carbonyl (C=O) groups is 6. The van der Waals surface area contributed by atoms with Crippen molar-refractivity contribution in [2.24, 2.45) is 5.11 Å². The van der Waals surface area contributed by atoms with Crippen LogP contribution >= 0.6 is 0 Å². The highest BCUT2D eigenvalue weighted by atomic mass is 16.8. The van der Waals surface area contributed by atoms with E-state index in [0.29, 0.717) is 11.1 Å². The summed E-state index contributed by atoms with van der Waals surface area (Å²) in [6.45, 7) is 4.78. The van der Waals surface area contributed by atoms with Gasteiger partial charge >= 0.3 is 35.9 Å². The summed E-state index contributed by atoms with van der Waals surface area (Å²) in [7, 11) is 0. The van der Waals surface area contributed by atoms with E-state index in [1.807, 2.05) is 48.5 Å². The number of hydrogen-bond acceptors (Lipinski definition) is 19. The Morgan fingerprint density at radius 2 is 1.27 bits per heavy atom. The first-order chi connectivity index (χ1) is 36.2. The van der Waals surface area contributed by atoms with Crippen LogP contribution in [0.1, 0.15) is 69.1 Å². The van der Waals surface area contributed by atoms with Crippen molar-refractivity contribution in [2.45, 2.75) is 127 Å². The van der Waals surface area contributed by atoms with Gasteiger partial charge in [-0.1, -0.05) is 114 Å². The van der Waals surface area contributed by atoms with Gasteiger partial charge in [-0.2, -0.15) is 0 Å². The maximum absolute atomic E-state index is 14.2. The van der Waals surface area contributed by atoms with Crippen LogP contribution in [0, 0.1) is 0 Å². The van der Waals surface area contributed by atoms with E-state index in [4.69, 9.17) is 56.8 Å². The highest BCUT2D eigenvalue weighted by Gasteiger charge is 2.58. The summed E-state index contributed by atoms with van der Waals surface area (Å²) in [5.74, 6) is -4.61. The smallest absolute Gasteiger partial charge is 0.407 e. The van der Waals surface area contributed by atoms with E-state index >= 15 is 0 Å². The predicted molar refractivity (Wildman–Crippen MR) is 257 cm³/mol. The first-order valence-electron chi connectivity index (χ1n) is 24.1. The Bertz CT molecular complexity index is 2680. The van der Waals surface area contributed by atoms with Crippen LogP contribution in [0.25, 0.3) is 21.6 Å². The zero-order valence-corrected chi connectivity index (χ0v) is 41.5. The second kappa shape index (κ2) is 24.7. The number of alkyl carbamates (subject to hydrolysis) is 1. The molecule has 396 valence electrons. The number of hydrogen-bond donors (Lipinski definition) is 1. The number of nitrogens with one attached hydrogen (secondary N) is 1. The second-order valence-corrected chi connectivity index (χ2v) is 18.0. The molecule has 75 heavy (non-hydrogen) atoms. The Morgan fingerprint density at radius 3 is 1.89 bits per heavy atom. The summed E-state index contributed by atoms with van der Waals surface area (Å²) < 4.78 is 72.4. The van der Waals surface area contributed by atoms with E-state index < -0.39 is 122 Å². The maximum atomic E-state index is 14.2. The van der Waals surface area contributed by atoms with Gasteiger partial charge in [0.2, 0.25) is 0 Å². The van der Waals surface area contributed by atoms with Gasteiger partial charge in [-0.25, -0.2) is 9.59 Å². The molecule has 13 atom stereocenters. The third kappa shape index (κ3) is 13.1. The Kier molecular flexibility index (Phi) is 17.8. The number of esters is 5. The van der Waals surface area contributed by atoms with Crippen molar-refractivity contribution in [2.75, 3.05) is 19.8 Å². The van der Waals surface area contributed by atoms with Crippen molar-refractivity contribution in [3.63, 3.8) is 0 Å². The average molecular weight is 1040 g/mol. The molecule has 22 heteroatoms. The van der Waals surface area contributed by atoms with E-state index in [1.165, 1.54) is 6.92 Å². The molecule has 1 N–H and O–H groups in total. The maximum Gasteiger partial charge on any atom is 0.407 e. The zero-order chi connectivity index (χ0) is 53.2. The molecule has 22 nitrogen and oxygen atoms in total. The van der Waals surface area contributed by atoms with Crippen molar-refractivity contribution in [1.29, 1.82) is 0 Å². The Balaban J connectivity index is 1.11. The topological polar surface area (TPSA) is 274 Å². The first kappa shape index (κ1) is 53.8. The van der Waals surface area contributed by atoms with Gasteiger partial charge in [0.15, 0.2) is 43.2 Å². The van der Waals surface area contributed by atoms with Gasteiger partial charge in [0.25, 0.3) is 0 Å². The second-order valence-electron chi connectivity index (χ2n) is 18.0. The highest BCUT2D eigenvalue weighted by Crippen LogP contribution is 2.45. The lowest BCUT2D eigenvalue weighted by atomic mass is 9.94. The fraction of sp³-hybridized carbons (Fsp3) is 0.434. The number of benzene rings is 4.